The molecule has 1 aromatic rings. The van der Waals surface area contributed by atoms with Crippen LogP contribution in [0, 0.1) is 0 Å². The molecule has 1 aliphatic heterocycles. The molecule has 0 amide bonds. The minimum absolute atomic E-state index is 0.458. The van der Waals surface area contributed by atoms with Crippen LogP contribution in [-0.2, 0) is 11.2 Å². The zero-order valence-corrected chi connectivity index (χ0v) is 19.3. The monoisotopic (exact) mass is 450 g/mol. The average Bonchev–Trinajstić information content (AvgIpc) is 2.76. The predicted molar refractivity (Wildman–Crippen MR) is 130 cm³/mol. The molecule has 0 spiro atoms. The summed E-state index contributed by atoms with van der Waals surface area (Å²) in [7, 11) is 0. The van der Waals surface area contributed by atoms with E-state index in [0.717, 1.165) is 56.5 Å². The predicted octanol–water partition coefficient (Wildman–Crippen LogP) is 1.16. The zero-order valence-electron chi connectivity index (χ0n) is 17.7. The van der Waals surface area contributed by atoms with Gasteiger partial charge in [0, 0.05) is 38.8 Å². The van der Waals surface area contributed by atoms with Crippen molar-refractivity contribution < 1.29 is 4.74 Å². The van der Waals surface area contributed by atoms with Gasteiger partial charge in [0.1, 0.15) is 5.82 Å². The van der Waals surface area contributed by atoms with Crippen molar-refractivity contribution in [2.45, 2.75) is 27.2 Å². The summed E-state index contributed by atoms with van der Waals surface area (Å²) in [5.74, 6) is 0.954. The molecule has 164 valence electrons. The van der Waals surface area contributed by atoms with Crippen molar-refractivity contribution in [1.82, 2.24) is 26.5 Å². The molecule has 30 heavy (non-hydrogen) atoms. The summed E-state index contributed by atoms with van der Waals surface area (Å²) in [6.45, 7) is 10.4. The number of ether oxygens (including phenoxy) is 1. The van der Waals surface area contributed by atoms with Gasteiger partial charge in [-0.15, -0.1) is 0 Å². The molecular formula is C19H30N8OS2. The lowest BCUT2D eigenvalue weighted by Gasteiger charge is -2.27. The number of rotatable bonds is 8. The van der Waals surface area contributed by atoms with Gasteiger partial charge in [-0.05, 0) is 56.8 Å². The van der Waals surface area contributed by atoms with Gasteiger partial charge in [0.2, 0.25) is 0 Å². The molecule has 4 N–H and O–H groups in total. The highest BCUT2D eigenvalue weighted by atomic mass is 32.1. The lowest BCUT2D eigenvalue weighted by molar-refractivity contribution is 0.122. The fourth-order valence-corrected chi connectivity index (χ4v) is 3.04. The number of hydrogen-bond acceptors (Lipinski definition) is 7. The van der Waals surface area contributed by atoms with E-state index in [2.05, 4.69) is 47.6 Å². The van der Waals surface area contributed by atoms with Crippen LogP contribution in [0.3, 0.4) is 0 Å². The summed E-state index contributed by atoms with van der Waals surface area (Å²) < 4.78 is 5.40. The quantitative estimate of drug-likeness (QED) is 0.264. The summed E-state index contributed by atoms with van der Waals surface area (Å²) >= 11 is 10.4. The molecular weight excluding hydrogens is 420 g/mol. The highest BCUT2D eigenvalue weighted by molar-refractivity contribution is 7.80. The van der Waals surface area contributed by atoms with Crippen molar-refractivity contribution in [2.24, 2.45) is 10.2 Å². The van der Waals surface area contributed by atoms with Gasteiger partial charge in [-0.3, -0.25) is 10.9 Å². The van der Waals surface area contributed by atoms with E-state index in [1.54, 1.807) is 0 Å². The number of morpholine rings is 1. The Labute approximate surface area is 188 Å². The van der Waals surface area contributed by atoms with Crippen molar-refractivity contribution in [2.75, 3.05) is 44.3 Å². The Balaban J connectivity index is 2.10. The van der Waals surface area contributed by atoms with Crippen molar-refractivity contribution in [3.05, 3.63) is 23.9 Å². The third kappa shape index (κ3) is 8.17. The second kappa shape index (κ2) is 13.0. The van der Waals surface area contributed by atoms with Crippen molar-refractivity contribution in [1.29, 1.82) is 0 Å². The number of hydrazone groups is 2. The Hall–Kier alpha value is -2.37. The molecule has 2 rings (SSSR count). The summed E-state index contributed by atoms with van der Waals surface area (Å²) in [6.07, 6.45) is 2.41. The Morgan fingerprint density at radius 1 is 1.07 bits per heavy atom. The average molecular weight is 451 g/mol. The van der Waals surface area contributed by atoms with Crippen LogP contribution in [-0.4, -0.2) is 66.0 Å². The van der Waals surface area contributed by atoms with E-state index >= 15 is 0 Å². The van der Waals surface area contributed by atoms with Gasteiger partial charge < -0.3 is 20.3 Å². The van der Waals surface area contributed by atoms with Crippen LogP contribution in [0.15, 0.2) is 28.5 Å². The van der Waals surface area contributed by atoms with Crippen LogP contribution in [0.1, 0.15) is 26.3 Å². The highest BCUT2D eigenvalue weighted by Crippen LogP contribution is 2.13. The molecule has 1 aromatic heterocycles. The third-order valence-corrected chi connectivity index (χ3v) is 4.70. The molecule has 0 radical (unpaired) electrons. The summed E-state index contributed by atoms with van der Waals surface area (Å²) in [6, 6.07) is 4.08. The van der Waals surface area contributed by atoms with E-state index in [1.807, 2.05) is 33.0 Å². The zero-order chi connectivity index (χ0) is 21.8. The molecule has 11 heteroatoms. The van der Waals surface area contributed by atoms with Crippen LogP contribution in [0.5, 0.6) is 0 Å². The molecule has 0 saturated carbocycles. The van der Waals surface area contributed by atoms with Crippen molar-refractivity contribution in [3.8, 4) is 0 Å². The largest absolute Gasteiger partial charge is 0.378 e. The fourth-order valence-electron chi connectivity index (χ4n) is 2.66. The minimum atomic E-state index is 0.458. The Morgan fingerprint density at radius 3 is 2.27 bits per heavy atom. The first-order valence-electron chi connectivity index (χ1n) is 10.00. The maximum Gasteiger partial charge on any atom is 0.186 e. The summed E-state index contributed by atoms with van der Waals surface area (Å²) in [5.41, 5.74) is 8.14. The molecule has 9 nitrogen and oxygen atoms in total. The topological polar surface area (TPSA) is 98.2 Å². The molecule has 1 fully saturated rings. The SMILES string of the molecule is CCNC(=S)N/N=C(Cc1ccc(N2CCOCC2)nc1)\C(C)=N\NC(=S)NCC. The van der Waals surface area contributed by atoms with Crippen LogP contribution >= 0.6 is 24.4 Å². The van der Waals surface area contributed by atoms with Crippen LogP contribution < -0.4 is 26.4 Å². The van der Waals surface area contributed by atoms with Gasteiger partial charge in [0.05, 0.1) is 24.6 Å². The van der Waals surface area contributed by atoms with E-state index in [1.165, 1.54) is 0 Å². The van der Waals surface area contributed by atoms with Crippen LogP contribution in [0.25, 0.3) is 0 Å². The number of nitrogens with zero attached hydrogens (tertiary/aromatic N) is 4. The number of hydrogen-bond donors (Lipinski definition) is 4. The Bertz CT molecular complexity index is 760. The Morgan fingerprint density at radius 2 is 1.70 bits per heavy atom. The second-order valence-electron chi connectivity index (χ2n) is 6.50. The van der Waals surface area contributed by atoms with E-state index < -0.39 is 0 Å². The van der Waals surface area contributed by atoms with Crippen LogP contribution in [0.2, 0.25) is 0 Å². The van der Waals surface area contributed by atoms with E-state index in [-0.39, 0.29) is 0 Å². The van der Waals surface area contributed by atoms with Gasteiger partial charge in [-0.25, -0.2) is 4.98 Å². The van der Waals surface area contributed by atoms with Gasteiger partial charge in [-0.1, -0.05) is 6.07 Å². The number of thiocarbonyl (C=S) groups is 2. The van der Waals surface area contributed by atoms with Gasteiger partial charge in [-0.2, -0.15) is 10.2 Å². The Kier molecular flexibility index (Phi) is 10.4. The second-order valence-corrected chi connectivity index (χ2v) is 7.32. The summed E-state index contributed by atoms with van der Waals surface area (Å²) in [4.78, 5) is 6.83. The molecule has 0 aliphatic carbocycles. The lowest BCUT2D eigenvalue weighted by Crippen LogP contribution is -2.36. The molecule has 2 heterocycles. The molecule has 0 unspecified atom stereocenters. The number of aromatic nitrogens is 1. The molecule has 1 aliphatic rings. The highest BCUT2D eigenvalue weighted by Gasteiger charge is 2.13. The molecule has 0 aromatic carbocycles. The minimum Gasteiger partial charge on any atom is -0.378 e. The first-order chi connectivity index (χ1) is 14.5. The van der Waals surface area contributed by atoms with Gasteiger partial charge in [0.25, 0.3) is 0 Å². The first-order valence-corrected chi connectivity index (χ1v) is 10.8. The summed E-state index contributed by atoms with van der Waals surface area (Å²) in [5, 5.41) is 15.7. The van der Waals surface area contributed by atoms with Gasteiger partial charge in [0.15, 0.2) is 10.2 Å². The smallest absolute Gasteiger partial charge is 0.186 e. The van der Waals surface area contributed by atoms with E-state index in [4.69, 9.17) is 29.2 Å². The van der Waals surface area contributed by atoms with E-state index in [9.17, 15) is 0 Å². The standard InChI is InChI=1S/C19H30N8OS2/c1-4-20-18(29)25-23-14(3)16(24-26-19(30)21-5-2)12-15-6-7-17(22-13-15)27-8-10-28-11-9-27/h6-7,13H,4-5,8-12H2,1-3H3,(H2,20,25,29)(H2,21,26,30)/b23-14+,24-16-. The molecule has 1 saturated heterocycles. The number of anilines is 1. The normalized spacial score (nSPS) is 14.8. The maximum absolute atomic E-state index is 5.40. The van der Waals surface area contributed by atoms with Crippen molar-refractivity contribution >= 4 is 51.9 Å². The van der Waals surface area contributed by atoms with Crippen LogP contribution in [0.4, 0.5) is 5.82 Å². The third-order valence-electron chi connectivity index (χ3n) is 4.23. The lowest BCUT2D eigenvalue weighted by atomic mass is 10.1. The fraction of sp³-hybridized carbons (Fsp3) is 0.526. The van der Waals surface area contributed by atoms with Gasteiger partial charge >= 0.3 is 0 Å². The first kappa shape index (κ1) is 23.9. The number of nitrogens with one attached hydrogen (secondary N) is 4. The molecule has 0 bridgehead atoms. The maximum atomic E-state index is 5.40. The molecule has 0 atom stereocenters. The number of pyridine rings is 1. The van der Waals surface area contributed by atoms with E-state index in [0.29, 0.717) is 22.4 Å². The van der Waals surface area contributed by atoms with Crippen molar-refractivity contribution in [3.63, 3.8) is 0 Å².